The average molecular weight is 291 g/mol. The van der Waals surface area contributed by atoms with Crippen LogP contribution in [0.1, 0.15) is 16.9 Å². The van der Waals surface area contributed by atoms with Crippen LogP contribution in [0.15, 0.2) is 44.7 Å². The van der Waals surface area contributed by atoms with Crippen molar-refractivity contribution in [3.05, 3.63) is 47.4 Å². The number of rotatable bonds is 7. The van der Waals surface area contributed by atoms with Crippen LogP contribution in [-0.4, -0.2) is 20.3 Å². The molecule has 0 fully saturated rings. The molecule has 2 rings (SSSR count). The normalized spacial score (nSPS) is 10.9. The fourth-order valence-electron chi connectivity index (χ4n) is 1.94. The van der Waals surface area contributed by atoms with Gasteiger partial charge in [0, 0.05) is 25.1 Å². The van der Waals surface area contributed by atoms with E-state index < -0.39 is 0 Å². The number of methoxy groups -OCH3 is 1. The molecule has 108 valence electrons. The molecule has 1 N–H and O–H groups in total. The van der Waals surface area contributed by atoms with Crippen molar-refractivity contribution >= 4 is 11.8 Å². The van der Waals surface area contributed by atoms with Crippen LogP contribution in [0, 0.1) is 13.8 Å². The molecular weight excluding hydrogens is 270 g/mol. The maximum absolute atomic E-state index is 5.36. The Morgan fingerprint density at radius 3 is 2.75 bits per heavy atom. The van der Waals surface area contributed by atoms with E-state index in [0.29, 0.717) is 0 Å². The third-order valence-electron chi connectivity index (χ3n) is 3.05. The lowest BCUT2D eigenvalue weighted by Crippen LogP contribution is -2.19. The molecule has 3 nitrogen and oxygen atoms in total. The molecule has 0 aliphatic heterocycles. The molecule has 0 aliphatic rings. The van der Waals surface area contributed by atoms with Crippen LogP contribution in [0.25, 0.3) is 0 Å². The van der Waals surface area contributed by atoms with Gasteiger partial charge in [-0.1, -0.05) is 29.5 Å². The summed E-state index contributed by atoms with van der Waals surface area (Å²) in [7, 11) is 1.72. The third kappa shape index (κ3) is 4.13. The quantitative estimate of drug-likeness (QED) is 0.787. The Morgan fingerprint density at radius 1 is 1.20 bits per heavy atom. The molecule has 4 heteroatoms. The van der Waals surface area contributed by atoms with E-state index in [4.69, 9.17) is 9.15 Å². The fraction of sp³-hybridized carbons (Fsp3) is 0.375. The molecule has 0 radical (unpaired) electrons. The standard InChI is InChI=1S/C16H21NO2S/c1-12-4-5-16(20-15-6-8-19-13(15)2)14(10-12)11-17-7-9-18-3/h4-6,8,10,17H,7,9,11H2,1-3H3. The molecule has 0 aliphatic carbocycles. The molecule has 0 spiro atoms. The van der Waals surface area contributed by atoms with E-state index >= 15 is 0 Å². The summed E-state index contributed by atoms with van der Waals surface area (Å²) in [5.41, 5.74) is 2.59. The molecule has 20 heavy (non-hydrogen) atoms. The van der Waals surface area contributed by atoms with Gasteiger partial charge >= 0.3 is 0 Å². The third-order valence-corrected chi connectivity index (χ3v) is 4.31. The largest absolute Gasteiger partial charge is 0.468 e. The van der Waals surface area contributed by atoms with Crippen LogP contribution in [0.4, 0.5) is 0 Å². The fourth-order valence-corrected chi connectivity index (χ4v) is 2.89. The van der Waals surface area contributed by atoms with Crippen molar-refractivity contribution in [2.75, 3.05) is 20.3 Å². The van der Waals surface area contributed by atoms with Crippen molar-refractivity contribution in [3.63, 3.8) is 0 Å². The maximum Gasteiger partial charge on any atom is 0.114 e. The number of benzene rings is 1. The Hall–Kier alpha value is -1.23. The van der Waals surface area contributed by atoms with Gasteiger partial charge in [-0.15, -0.1) is 0 Å². The van der Waals surface area contributed by atoms with Crippen LogP contribution in [0.2, 0.25) is 0 Å². The summed E-state index contributed by atoms with van der Waals surface area (Å²) in [4.78, 5) is 2.44. The van der Waals surface area contributed by atoms with Crippen LogP contribution in [0.5, 0.6) is 0 Å². The summed E-state index contributed by atoms with van der Waals surface area (Å²) in [6.45, 7) is 6.56. The van der Waals surface area contributed by atoms with Gasteiger partial charge in [0.1, 0.15) is 5.76 Å². The number of hydrogen-bond donors (Lipinski definition) is 1. The molecule has 0 saturated heterocycles. The molecule has 0 bridgehead atoms. The second kappa shape index (κ2) is 7.53. The minimum atomic E-state index is 0.731. The molecule has 1 aromatic heterocycles. The van der Waals surface area contributed by atoms with Crippen molar-refractivity contribution in [1.82, 2.24) is 5.32 Å². The van der Waals surface area contributed by atoms with Gasteiger partial charge in [0.05, 0.1) is 17.8 Å². The van der Waals surface area contributed by atoms with Crippen molar-refractivity contribution in [3.8, 4) is 0 Å². The van der Waals surface area contributed by atoms with E-state index in [0.717, 1.165) is 25.5 Å². The Kier molecular flexibility index (Phi) is 5.71. The lowest BCUT2D eigenvalue weighted by Gasteiger charge is -2.11. The summed E-state index contributed by atoms with van der Waals surface area (Å²) < 4.78 is 10.4. The summed E-state index contributed by atoms with van der Waals surface area (Å²) in [6.07, 6.45) is 1.74. The van der Waals surface area contributed by atoms with Gasteiger partial charge in [-0.3, -0.25) is 0 Å². The van der Waals surface area contributed by atoms with Gasteiger partial charge in [-0.2, -0.15) is 0 Å². The minimum Gasteiger partial charge on any atom is -0.468 e. The first-order valence-corrected chi connectivity index (χ1v) is 7.53. The van der Waals surface area contributed by atoms with Gasteiger partial charge in [0.15, 0.2) is 0 Å². The molecular formula is C16H21NO2S. The first-order chi connectivity index (χ1) is 9.70. The molecule has 0 amide bonds. The average Bonchev–Trinajstić information content (AvgIpc) is 2.83. The zero-order valence-electron chi connectivity index (χ0n) is 12.2. The van der Waals surface area contributed by atoms with E-state index in [9.17, 15) is 0 Å². The van der Waals surface area contributed by atoms with Gasteiger partial charge in [-0.05, 0) is 31.5 Å². The second-order valence-electron chi connectivity index (χ2n) is 4.72. The number of furan rings is 1. The highest BCUT2D eigenvalue weighted by molar-refractivity contribution is 7.99. The van der Waals surface area contributed by atoms with E-state index in [2.05, 4.69) is 30.4 Å². The first-order valence-electron chi connectivity index (χ1n) is 6.72. The lowest BCUT2D eigenvalue weighted by molar-refractivity contribution is 0.199. The van der Waals surface area contributed by atoms with Crippen molar-refractivity contribution in [2.24, 2.45) is 0 Å². The van der Waals surface area contributed by atoms with Crippen LogP contribution >= 0.6 is 11.8 Å². The van der Waals surface area contributed by atoms with Gasteiger partial charge in [0.25, 0.3) is 0 Å². The van der Waals surface area contributed by atoms with E-state index in [-0.39, 0.29) is 0 Å². The van der Waals surface area contributed by atoms with E-state index in [1.54, 1.807) is 25.1 Å². The van der Waals surface area contributed by atoms with Crippen molar-refractivity contribution in [2.45, 2.75) is 30.2 Å². The number of aryl methyl sites for hydroxylation is 2. The van der Waals surface area contributed by atoms with Gasteiger partial charge < -0.3 is 14.5 Å². The molecule has 0 unspecified atom stereocenters. The zero-order valence-corrected chi connectivity index (χ0v) is 13.0. The Bertz CT molecular complexity index is 551. The Labute approximate surface area is 124 Å². The summed E-state index contributed by atoms with van der Waals surface area (Å²) in [6, 6.07) is 8.58. The SMILES string of the molecule is COCCNCc1cc(C)ccc1Sc1ccoc1C. The minimum absolute atomic E-state index is 0.731. The maximum atomic E-state index is 5.36. The number of nitrogens with one attached hydrogen (secondary N) is 1. The lowest BCUT2D eigenvalue weighted by atomic mass is 10.1. The monoisotopic (exact) mass is 291 g/mol. The number of ether oxygens (including phenoxy) is 1. The van der Waals surface area contributed by atoms with Crippen LogP contribution < -0.4 is 5.32 Å². The summed E-state index contributed by atoms with van der Waals surface area (Å²) in [5, 5.41) is 3.40. The second-order valence-corrected chi connectivity index (χ2v) is 5.81. The number of hydrogen-bond acceptors (Lipinski definition) is 4. The van der Waals surface area contributed by atoms with Crippen molar-refractivity contribution in [1.29, 1.82) is 0 Å². The zero-order chi connectivity index (χ0) is 14.4. The highest BCUT2D eigenvalue weighted by Crippen LogP contribution is 2.33. The first kappa shape index (κ1) is 15.2. The van der Waals surface area contributed by atoms with Crippen molar-refractivity contribution < 1.29 is 9.15 Å². The molecule has 0 atom stereocenters. The highest BCUT2D eigenvalue weighted by Gasteiger charge is 2.08. The molecule has 1 heterocycles. The molecule has 0 saturated carbocycles. The summed E-state index contributed by atoms with van der Waals surface area (Å²) >= 11 is 1.75. The highest BCUT2D eigenvalue weighted by atomic mass is 32.2. The molecule has 2 aromatic rings. The van der Waals surface area contributed by atoms with E-state index in [1.807, 2.05) is 13.0 Å². The van der Waals surface area contributed by atoms with Crippen LogP contribution in [-0.2, 0) is 11.3 Å². The predicted molar refractivity (Wildman–Crippen MR) is 82.3 cm³/mol. The predicted octanol–water partition coefficient (Wildman–Crippen LogP) is 3.78. The summed E-state index contributed by atoms with van der Waals surface area (Å²) in [5.74, 6) is 0.967. The van der Waals surface area contributed by atoms with Crippen LogP contribution in [0.3, 0.4) is 0 Å². The van der Waals surface area contributed by atoms with Gasteiger partial charge in [-0.25, -0.2) is 0 Å². The topological polar surface area (TPSA) is 34.4 Å². The van der Waals surface area contributed by atoms with Gasteiger partial charge in [0.2, 0.25) is 0 Å². The van der Waals surface area contributed by atoms with E-state index in [1.165, 1.54) is 20.9 Å². The Balaban J connectivity index is 2.09. The Morgan fingerprint density at radius 2 is 2.05 bits per heavy atom. The smallest absolute Gasteiger partial charge is 0.114 e. The molecule has 1 aromatic carbocycles.